The largest absolute Gasteiger partial charge is 0.354 e. The standard InChI is InChI=1S/C17H12BrN3/c1-11-7-15(6-5-13(11)9-19)21-16-4-2-3-12-8-14(18)10-20-17(12)16/h2-8,10,21H,1H3. The van der Waals surface area contributed by atoms with Crippen LogP contribution in [0.4, 0.5) is 11.4 Å². The quantitative estimate of drug-likeness (QED) is 0.721. The number of nitrogens with one attached hydrogen (secondary N) is 1. The lowest BCUT2D eigenvalue weighted by atomic mass is 10.1. The van der Waals surface area contributed by atoms with E-state index >= 15 is 0 Å². The van der Waals surface area contributed by atoms with E-state index in [0.29, 0.717) is 5.56 Å². The van der Waals surface area contributed by atoms with Crippen molar-refractivity contribution in [2.45, 2.75) is 6.92 Å². The number of benzene rings is 2. The van der Waals surface area contributed by atoms with Crippen molar-refractivity contribution in [3.05, 3.63) is 64.3 Å². The van der Waals surface area contributed by atoms with Crippen molar-refractivity contribution in [3.8, 4) is 6.07 Å². The van der Waals surface area contributed by atoms with Crippen LogP contribution in [-0.2, 0) is 0 Å². The van der Waals surface area contributed by atoms with Crippen molar-refractivity contribution in [1.29, 1.82) is 5.26 Å². The van der Waals surface area contributed by atoms with E-state index in [4.69, 9.17) is 5.26 Å². The minimum absolute atomic E-state index is 0.695. The van der Waals surface area contributed by atoms with Gasteiger partial charge in [0.15, 0.2) is 0 Å². The summed E-state index contributed by atoms with van der Waals surface area (Å²) in [7, 11) is 0. The Morgan fingerprint density at radius 2 is 2.05 bits per heavy atom. The molecule has 2 aromatic carbocycles. The second-order valence-corrected chi connectivity index (χ2v) is 5.71. The molecule has 0 amide bonds. The van der Waals surface area contributed by atoms with Gasteiger partial charge in [-0.05, 0) is 58.7 Å². The summed E-state index contributed by atoms with van der Waals surface area (Å²) in [6.07, 6.45) is 1.79. The number of aromatic nitrogens is 1. The maximum Gasteiger partial charge on any atom is 0.0994 e. The van der Waals surface area contributed by atoms with Crippen LogP contribution < -0.4 is 5.32 Å². The summed E-state index contributed by atoms with van der Waals surface area (Å²) in [5.74, 6) is 0. The number of rotatable bonds is 2. The van der Waals surface area contributed by atoms with Crippen LogP contribution in [0.25, 0.3) is 10.9 Å². The van der Waals surface area contributed by atoms with Crippen LogP contribution in [0.3, 0.4) is 0 Å². The van der Waals surface area contributed by atoms with Crippen LogP contribution in [0.1, 0.15) is 11.1 Å². The highest BCUT2D eigenvalue weighted by molar-refractivity contribution is 9.10. The number of fused-ring (bicyclic) bond motifs is 1. The molecule has 1 N–H and O–H groups in total. The summed E-state index contributed by atoms with van der Waals surface area (Å²) < 4.78 is 0.960. The molecular formula is C17H12BrN3. The third-order valence-corrected chi connectivity index (χ3v) is 3.74. The summed E-state index contributed by atoms with van der Waals surface area (Å²) in [5.41, 5.74) is 4.47. The van der Waals surface area contributed by atoms with Crippen LogP contribution in [0, 0.1) is 18.3 Å². The molecule has 0 atom stereocenters. The lowest BCUT2D eigenvalue weighted by Crippen LogP contribution is -1.94. The predicted molar refractivity (Wildman–Crippen MR) is 88.6 cm³/mol. The fraction of sp³-hybridized carbons (Fsp3) is 0.0588. The Kier molecular flexibility index (Phi) is 3.59. The Morgan fingerprint density at radius 1 is 1.19 bits per heavy atom. The van der Waals surface area contributed by atoms with E-state index < -0.39 is 0 Å². The molecule has 0 bridgehead atoms. The molecule has 0 fully saturated rings. The zero-order valence-electron chi connectivity index (χ0n) is 11.4. The van der Waals surface area contributed by atoms with Gasteiger partial charge in [0.05, 0.1) is 22.8 Å². The van der Waals surface area contributed by atoms with Crippen LogP contribution in [-0.4, -0.2) is 4.98 Å². The van der Waals surface area contributed by atoms with Crippen LogP contribution in [0.2, 0.25) is 0 Å². The van der Waals surface area contributed by atoms with E-state index in [1.807, 2.05) is 49.4 Å². The molecule has 102 valence electrons. The van der Waals surface area contributed by atoms with E-state index in [9.17, 15) is 0 Å². The van der Waals surface area contributed by atoms with Gasteiger partial charge in [0.1, 0.15) is 0 Å². The number of nitrogens with zero attached hydrogens (tertiary/aromatic N) is 2. The van der Waals surface area contributed by atoms with Crippen LogP contribution in [0.5, 0.6) is 0 Å². The highest BCUT2D eigenvalue weighted by Crippen LogP contribution is 2.27. The van der Waals surface area contributed by atoms with Crippen LogP contribution >= 0.6 is 15.9 Å². The number of nitriles is 1. The Morgan fingerprint density at radius 3 is 2.81 bits per heavy atom. The van der Waals surface area contributed by atoms with E-state index in [0.717, 1.165) is 32.3 Å². The number of para-hydroxylation sites is 1. The second kappa shape index (κ2) is 5.55. The van der Waals surface area contributed by atoms with E-state index in [-0.39, 0.29) is 0 Å². The van der Waals surface area contributed by atoms with Crippen molar-refractivity contribution in [3.63, 3.8) is 0 Å². The first-order chi connectivity index (χ1) is 10.2. The summed E-state index contributed by atoms with van der Waals surface area (Å²) in [6, 6.07) is 15.9. The molecule has 3 rings (SSSR count). The minimum atomic E-state index is 0.695. The average Bonchev–Trinajstić information content (AvgIpc) is 2.47. The summed E-state index contributed by atoms with van der Waals surface area (Å²) in [4.78, 5) is 4.47. The maximum absolute atomic E-state index is 8.98. The highest BCUT2D eigenvalue weighted by Gasteiger charge is 2.05. The molecular weight excluding hydrogens is 326 g/mol. The number of hydrogen-bond acceptors (Lipinski definition) is 3. The molecule has 1 heterocycles. The van der Waals surface area contributed by atoms with Crippen molar-refractivity contribution in [2.75, 3.05) is 5.32 Å². The van der Waals surface area contributed by atoms with Gasteiger partial charge in [-0.15, -0.1) is 0 Å². The lowest BCUT2D eigenvalue weighted by Gasteiger charge is -2.10. The second-order valence-electron chi connectivity index (χ2n) is 4.80. The van der Waals surface area contributed by atoms with Crippen LogP contribution in [0.15, 0.2) is 53.1 Å². The molecule has 0 aliphatic carbocycles. The molecule has 0 aliphatic rings. The molecule has 0 saturated heterocycles. The van der Waals surface area contributed by atoms with Gasteiger partial charge in [-0.1, -0.05) is 12.1 Å². The molecule has 0 unspecified atom stereocenters. The van der Waals surface area contributed by atoms with Gasteiger partial charge in [0.25, 0.3) is 0 Å². The Labute approximate surface area is 131 Å². The van der Waals surface area contributed by atoms with Gasteiger partial charge >= 0.3 is 0 Å². The number of anilines is 2. The van der Waals surface area contributed by atoms with Crippen molar-refractivity contribution < 1.29 is 0 Å². The third-order valence-electron chi connectivity index (χ3n) is 3.30. The van der Waals surface area contributed by atoms with Gasteiger partial charge in [-0.2, -0.15) is 5.26 Å². The molecule has 0 saturated carbocycles. The smallest absolute Gasteiger partial charge is 0.0994 e. The average molecular weight is 338 g/mol. The summed E-state index contributed by atoms with van der Waals surface area (Å²) in [6.45, 7) is 1.93. The van der Waals surface area contributed by atoms with Gasteiger partial charge < -0.3 is 5.32 Å². The number of pyridine rings is 1. The first-order valence-electron chi connectivity index (χ1n) is 6.49. The van der Waals surface area contributed by atoms with Gasteiger partial charge in [0, 0.05) is 21.7 Å². The predicted octanol–water partition coefficient (Wildman–Crippen LogP) is 4.92. The molecule has 1 aromatic heterocycles. The Hall–Kier alpha value is -2.38. The monoisotopic (exact) mass is 337 g/mol. The Bertz CT molecular complexity index is 866. The maximum atomic E-state index is 8.98. The molecule has 3 aromatic rings. The normalized spacial score (nSPS) is 10.3. The molecule has 4 heteroatoms. The molecule has 0 aliphatic heterocycles. The topological polar surface area (TPSA) is 48.7 Å². The SMILES string of the molecule is Cc1cc(Nc2cccc3cc(Br)cnc23)ccc1C#N. The highest BCUT2D eigenvalue weighted by atomic mass is 79.9. The first kappa shape index (κ1) is 13.6. The van der Waals surface area contributed by atoms with Gasteiger partial charge in [0.2, 0.25) is 0 Å². The number of hydrogen-bond donors (Lipinski definition) is 1. The third kappa shape index (κ3) is 2.74. The molecule has 3 nitrogen and oxygen atoms in total. The van der Waals surface area contributed by atoms with Gasteiger partial charge in [-0.3, -0.25) is 4.98 Å². The molecule has 21 heavy (non-hydrogen) atoms. The summed E-state index contributed by atoms with van der Waals surface area (Å²) in [5, 5.41) is 13.4. The number of halogens is 1. The minimum Gasteiger partial charge on any atom is -0.354 e. The van der Waals surface area contributed by atoms with Crippen molar-refractivity contribution in [2.24, 2.45) is 0 Å². The molecule has 0 spiro atoms. The summed E-state index contributed by atoms with van der Waals surface area (Å²) >= 11 is 3.44. The fourth-order valence-electron chi connectivity index (χ4n) is 2.26. The zero-order valence-corrected chi connectivity index (χ0v) is 13.0. The first-order valence-corrected chi connectivity index (χ1v) is 7.29. The van der Waals surface area contributed by atoms with Crippen molar-refractivity contribution in [1.82, 2.24) is 4.98 Å². The van der Waals surface area contributed by atoms with Crippen molar-refractivity contribution >= 4 is 38.2 Å². The van der Waals surface area contributed by atoms with E-state index in [1.165, 1.54) is 0 Å². The molecule has 0 radical (unpaired) electrons. The van der Waals surface area contributed by atoms with E-state index in [2.05, 4.69) is 32.3 Å². The fourth-order valence-corrected chi connectivity index (χ4v) is 2.61. The van der Waals surface area contributed by atoms with Gasteiger partial charge in [-0.25, -0.2) is 0 Å². The zero-order chi connectivity index (χ0) is 14.8. The van der Waals surface area contributed by atoms with E-state index in [1.54, 1.807) is 6.20 Å². The lowest BCUT2D eigenvalue weighted by molar-refractivity contribution is 1.37. The number of aryl methyl sites for hydroxylation is 1. The Balaban J connectivity index is 2.02.